The highest BCUT2D eigenvalue weighted by atomic mass is 32.1. The zero-order valence-corrected chi connectivity index (χ0v) is 10.8. The molecule has 2 N–H and O–H groups in total. The van der Waals surface area contributed by atoms with Crippen LogP contribution in [0.25, 0.3) is 0 Å². The van der Waals surface area contributed by atoms with Crippen LogP contribution in [-0.2, 0) is 4.79 Å². The number of rotatable bonds is 4. The quantitative estimate of drug-likeness (QED) is 0.867. The van der Waals surface area contributed by atoms with E-state index >= 15 is 0 Å². The monoisotopic (exact) mass is 254 g/mol. The number of aliphatic carboxylic acids is 1. The standard InChI is InChI=1S/C12H18N2O2S/c1-8-7-17-12(14-8)13-6-9-2-4-10(5-3-9)11(15)16/h7,9-10H,2-6H2,1H3,(H,13,14)(H,15,16). The SMILES string of the molecule is Cc1csc(NCC2CCC(C(=O)O)CC2)n1. The summed E-state index contributed by atoms with van der Waals surface area (Å²) < 4.78 is 0. The molecular formula is C12H18N2O2S. The van der Waals surface area contributed by atoms with E-state index in [9.17, 15) is 4.79 Å². The van der Waals surface area contributed by atoms with Crippen LogP contribution in [-0.4, -0.2) is 22.6 Å². The summed E-state index contributed by atoms with van der Waals surface area (Å²) in [6.07, 6.45) is 3.65. The van der Waals surface area contributed by atoms with Crippen LogP contribution in [0.15, 0.2) is 5.38 Å². The fourth-order valence-corrected chi connectivity index (χ4v) is 2.98. The number of nitrogens with one attached hydrogen (secondary N) is 1. The summed E-state index contributed by atoms with van der Waals surface area (Å²) in [6.45, 7) is 2.90. The number of thiazole rings is 1. The molecule has 1 aliphatic carbocycles. The Labute approximate surface area is 105 Å². The number of hydrogen-bond donors (Lipinski definition) is 2. The maximum Gasteiger partial charge on any atom is 0.306 e. The molecule has 0 spiro atoms. The van der Waals surface area contributed by atoms with Gasteiger partial charge in [-0.2, -0.15) is 0 Å². The Morgan fingerprint density at radius 1 is 1.53 bits per heavy atom. The van der Waals surface area contributed by atoms with E-state index in [4.69, 9.17) is 5.11 Å². The lowest BCUT2D eigenvalue weighted by molar-refractivity contribution is -0.143. The summed E-state index contributed by atoms with van der Waals surface area (Å²) in [7, 11) is 0. The van der Waals surface area contributed by atoms with E-state index < -0.39 is 5.97 Å². The van der Waals surface area contributed by atoms with E-state index in [0.29, 0.717) is 5.92 Å². The van der Waals surface area contributed by atoms with Crippen molar-refractivity contribution in [1.82, 2.24) is 4.98 Å². The molecule has 1 heterocycles. The van der Waals surface area contributed by atoms with Crippen molar-refractivity contribution in [2.75, 3.05) is 11.9 Å². The predicted octanol–water partition coefficient (Wildman–Crippen LogP) is 2.75. The van der Waals surface area contributed by atoms with E-state index in [0.717, 1.165) is 43.1 Å². The van der Waals surface area contributed by atoms with Gasteiger partial charge in [-0.25, -0.2) is 4.98 Å². The maximum absolute atomic E-state index is 10.8. The van der Waals surface area contributed by atoms with E-state index in [1.54, 1.807) is 11.3 Å². The zero-order chi connectivity index (χ0) is 12.3. The molecule has 17 heavy (non-hydrogen) atoms. The molecule has 0 bridgehead atoms. The first-order chi connectivity index (χ1) is 8.15. The van der Waals surface area contributed by atoms with Crippen molar-refractivity contribution in [2.24, 2.45) is 11.8 Å². The second kappa shape index (κ2) is 5.49. The van der Waals surface area contributed by atoms with Gasteiger partial charge in [-0.3, -0.25) is 4.79 Å². The van der Waals surface area contributed by atoms with Crippen molar-refractivity contribution in [3.05, 3.63) is 11.1 Å². The summed E-state index contributed by atoms with van der Waals surface area (Å²) in [5.74, 6) is -0.157. The van der Waals surface area contributed by atoms with E-state index in [2.05, 4.69) is 10.3 Å². The zero-order valence-electron chi connectivity index (χ0n) is 9.98. The average molecular weight is 254 g/mol. The molecule has 4 nitrogen and oxygen atoms in total. The molecule has 1 saturated carbocycles. The van der Waals surface area contributed by atoms with Crippen LogP contribution >= 0.6 is 11.3 Å². The van der Waals surface area contributed by atoms with Crippen LogP contribution < -0.4 is 5.32 Å². The number of aryl methyl sites for hydroxylation is 1. The molecule has 0 saturated heterocycles. The van der Waals surface area contributed by atoms with Gasteiger partial charge in [0.1, 0.15) is 0 Å². The minimum absolute atomic E-state index is 0.117. The Balaban J connectivity index is 1.73. The third kappa shape index (κ3) is 3.43. The highest BCUT2D eigenvalue weighted by Crippen LogP contribution is 2.29. The Bertz CT molecular complexity index is 384. The number of carbonyl (C=O) groups is 1. The fraction of sp³-hybridized carbons (Fsp3) is 0.667. The summed E-state index contributed by atoms with van der Waals surface area (Å²) in [5.41, 5.74) is 1.05. The second-order valence-corrected chi connectivity index (χ2v) is 5.59. The molecule has 0 unspecified atom stereocenters. The molecule has 1 aliphatic rings. The number of aromatic nitrogens is 1. The molecule has 0 radical (unpaired) electrons. The van der Waals surface area contributed by atoms with Gasteiger partial charge >= 0.3 is 5.97 Å². The van der Waals surface area contributed by atoms with Crippen LogP contribution in [0.4, 0.5) is 5.13 Å². The minimum Gasteiger partial charge on any atom is -0.481 e. The summed E-state index contributed by atoms with van der Waals surface area (Å²) in [6, 6.07) is 0. The summed E-state index contributed by atoms with van der Waals surface area (Å²) in [4.78, 5) is 15.2. The number of nitrogens with zero attached hydrogens (tertiary/aromatic N) is 1. The van der Waals surface area contributed by atoms with Crippen molar-refractivity contribution >= 4 is 22.4 Å². The van der Waals surface area contributed by atoms with Gasteiger partial charge in [0.25, 0.3) is 0 Å². The first kappa shape index (κ1) is 12.4. The van der Waals surface area contributed by atoms with Crippen molar-refractivity contribution in [3.8, 4) is 0 Å². The van der Waals surface area contributed by atoms with Gasteiger partial charge in [0.2, 0.25) is 0 Å². The van der Waals surface area contributed by atoms with Crippen LogP contribution in [0, 0.1) is 18.8 Å². The van der Waals surface area contributed by atoms with Gasteiger partial charge in [-0.05, 0) is 38.5 Å². The van der Waals surface area contributed by atoms with E-state index in [1.165, 1.54) is 0 Å². The molecule has 2 rings (SSSR count). The average Bonchev–Trinajstić information content (AvgIpc) is 2.73. The van der Waals surface area contributed by atoms with Gasteiger partial charge in [0.15, 0.2) is 5.13 Å². The lowest BCUT2D eigenvalue weighted by Gasteiger charge is -2.26. The van der Waals surface area contributed by atoms with Gasteiger partial charge in [-0.15, -0.1) is 11.3 Å². The third-order valence-electron chi connectivity index (χ3n) is 3.36. The normalized spacial score (nSPS) is 24.5. The fourth-order valence-electron chi connectivity index (χ4n) is 2.28. The number of hydrogen-bond acceptors (Lipinski definition) is 4. The molecule has 1 aromatic heterocycles. The molecule has 1 fully saturated rings. The van der Waals surface area contributed by atoms with Gasteiger partial charge in [0, 0.05) is 11.9 Å². The molecule has 0 atom stereocenters. The van der Waals surface area contributed by atoms with Gasteiger partial charge < -0.3 is 10.4 Å². The summed E-state index contributed by atoms with van der Waals surface area (Å²) in [5, 5.41) is 15.3. The van der Waals surface area contributed by atoms with Crippen LogP contribution in [0.2, 0.25) is 0 Å². The van der Waals surface area contributed by atoms with Crippen molar-refractivity contribution < 1.29 is 9.90 Å². The van der Waals surface area contributed by atoms with E-state index in [1.807, 2.05) is 12.3 Å². The third-order valence-corrected chi connectivity index (χ3v) is 4.27. The molecular weight excluding hydrogens is 236 g/mol. The highest BCUT2D eigenvalue weighted by Gasteiger charge is 2.25. The molecule has 94 valence electrons. The molecule has 0 amide bonds. The van der Waals surface area contributed by atoms with Gasteiger partial charge in [0.05, 0.1) is 11.6 Å². The minimum atomic E-state index is -0.632. The number of carboxylic acids is 1. The first-order valence-electron chi connectivity index (χ1n) is 6.04. The smallest absolute Gasteiger partial charge is 0.306 e. The highest BCUT2D eigenvalue weighted by molar-refractivity contribution is 7.13. The van der Waals surface area contributed by atoms with Crippen LogP contribution in [0.3, 0.4) is 0 Å². The molecule has 1 aromatic rings. The van der Waals surface area contributed by atoms with Crippen molar-refractivity contribution in [1.29, 1.82) is 0 Å². The van der Waals surface area contributed by atoms with Gasteiger partial charge in [-0.1, -0.05) is 0 Å². The first-order valence-corrected chi connectivity index (χ1v) is 6.92. The lowest BCUT2D eigenvalue weighted by Crippen LogP contribution is -2.25. The molecule has 5 heteroatoms. The van der Waals surface area contributed by atoms with Crippen molar-refractivity contribution in [3.63, 3.8) is 0 Å². The topological polar surface area (TPSA) is 62.2 Å². The Hall–Kier alpha value is -1.10. The maximum atomic E-state index is 10.8. The van der Waals surface area contributed by atoms with Crippen LogP contribution in [0.5, 0.6) is 0 Å². The lowest BCUT2D eigenvalue weighted by atomic mass is 9.82. The second-order valence-electron chi connectivity index (χ2n) is 4.73. The predicted molar refractivity (Wildman–Crippen MR) is 68.4 cm³/mol. The Morgan fingerprint density at radius 3 is 2.76 bits per heavy atom. The number of anilines is 1. The Morgan fingerprint density at radius 2 is 2.24 bits per heavy atom. The Kier molecular flexibility index (Phi) is 3.99. The van der Waals surface area contributed by atoms with Crippen molar-refractivity contribution in [2.45, 2.75) is 32.6 Å². The van der Waals surface area contributed by atoms with E-state index in [-0.39, 0.29) is 5.92 Å². The van der Waals surface area contributed by atoms with Crippen LogP contribution in [0.1, 0.15) is 31.4 Å². The molecule has 0 aliphatic heterocycles. The number of carboxylic acid groups (broad SMARTS) is 1. The molecule has 0 aromatic carbocycles. The largest absolute Gasteiger partial charge is 0.481 e. The summed E-state index contributed by atoms with van der Waals surface area (Å²) >= 11 is 1.63.